The Bertz CT molecular complexity index is 909. The highest BCUT2D eigenvalue weighted by Gasteiger charge is 2.38. The zero-order chi connectivity index (χ0) is 20.5. The molecule has 2 aliphatic rings. The number of carbonyl (C=O) groups is 1. The number of amides is 2. The Kier molecular flexibility index (Phi) is 5.24. The second-order valence-electron chi connectivity index (χ2n) is 8.13. The number of carbonyl (C=O) groups excluding carboxylic acids is 1. The van der Waals surface area contributed by atoms with Gasteiger partial charge >= 0.3 is 6.03 Å². The van der Waals surface area contributed by atoms with Gasteiger partial charge in [0.2, 0.25) is 0 Å². The Morgan fingerprint density at radius 1 is 1.10 bits per heavy atom. The number of likely N-dealkylation sites (N-methyl/N-ethyl adjacent to an activating group) is 1. The number of non-ortho nitro benzene ring substituents is 1. The van der Waals surface area contributed by atoms with E-state index in [9.17, 15) is 14.9 Å². The molecule has 1 heterocycles. The van der Waals surface area contributed by atoms with Gasteiger partial charge in [-0.05, 0) is 50.6 Å². The molecule has 0 N–H and O–H groups in total. The maximum Gasteiger partial charge on any atom is 0.325 e. The minimum atomic E-state index is -0.403. The molecule has 2 amide bonds. The summed E-state index contributed by atoms with van der Waals surface area (Å²) in [6.07, 6.45) is 2.94. The summed E-state index contributed by atoms with van der Waals surface area (Å²) >= 11 is 0. The standard InChI is InChI=1S/C22H26N4O3/c1-23(2)20-13-17-5-3-4-6-21(17)25(15-20)22(27)24(18-11-12-18)14-16-7-9-19(10-8-16)26(28)29/h3-10,18,20H,11-15H2,1-2H3/t20-/m0/s1. The van der Waals surface area contributed by atoms with Crippen molar-refractivity contribution >= 4 is 17.4 Å². The van der Waals surface area contributed by atoms with E-state index in [2.05, 4.69) is 25.1 Å². The quantitative estimate of drug-likeness (QED) is 0.573. The summed E-state index contributed by atoms with van der Waals surface area (Å²) in [5.74, 6) is 0. The van der Waals surface area contributed by atoms with Gasteiger partial charge in [-0.15, -0.1) is 0 Å². The van der Waals surface area contributed by atoms with Crippen LogP contribution in [0.3, 0.4) is 0 Å². The van der Waals surface area contributed by atoms with Crippen LogP contribution in [0.1, 0.15) is 24.0 Å². The highest BCUT2D eigenvalue weighted by Crippen LogP contribution is 2.34. The van der Waals surface area contributed by atoms with E-state index in [1.54, 1.807) is 12.1 Å². The summed E-state index contributed by atoms with van der Waals surface area (Å²) in [6.45, 7) is 1.12. The van der Waals surface area contributed by atoms with E-state index >= 15 is 0 Å². The highest BCUT2D eigenvalue weighted by atomic mass is 16.6. The van der Waals surface area contributed by atoms with Crippen LogP contribution < -0.4 is 4.90 Å². The Hall–Kier alpha value is -2.93. The van der Waals surface area contributed by atoms with Crippen molar-refractivity contribution in [2.24, 2.45) is 0 Å². The first-order valence-corrected chi connectivity index (χ1v) is 10.00. The SMILES string of the molecule is CN(C)[C@H]1Cc2ccccc2N(C(=O)N(Cc2ccc([N+](=O)[O-])cc2)C2CC2)C1. The molecule has 1 fully saturated rings. The van der Waals surface area contributed by atoms with Crippen molar-refractivity contribution in [3.05, 3.63) is 69.8 Å². The van der Waals surface area contributed by atoms with Crippen molar-refractivity contribution in [3.8, 4) is 0 Å². The number of nitrogens with zero attached hydrogens (tertiary/aromatic N) is 4. The van der Waals surface area contributed by atoms with Crippen LogP contribution in [0.25, 0.3) is 0 Å². The lowest BCUT2D eigenvalue weighted by Crippen LogP contribution is -2.52. The molecule has 0 radical (unpaired) electrons. The molecule has 2 aromatic carbocycles. The van der Waals surface area contributed by atoms with E-state index in [-0.39, 0.29) is 23.8 Å². The lowest BCUT2D eigenvalue weighted by molar-refractivity contribution is -0.384. The van der Waals surface area contributed by atoms with Crippen LogP contribution in [0.4, 0.5) is 16.2 Å². The van der Waals surface area contributed by atoms with Gasteiger partial charge in [0.05, 0.1) is 4.92 Å². The van der Waals surface area contributed by atoms with E-state index in [1.807, 2.05) is 28.0 Å². The summed E-state index contributed by atoms with van der Waals surface area (Å²) < 4.78 is 0. The number of hydrogen-bond acceptors (Lipinski definition) is 4. The number of fused-ring (bicyclic) bond motifs is 1. The van der Waals surface area contributed by atoms with Gasteiger partial charge in [-0.2, -0.15) is 0 Å². The summed E-state index contributed by atoms with van der Waals surface area (Å²) in [4.78, 5) is 30.1. The number of nitro groups is 1. The third-order valence-electron chi connectivity index (χ3n) is 5.83. The maximum atomic E-state index is 13.6. The van der Waals surface area contributed by atoms with Crippen LogP contribution >= 0.6 is 0 Å². The Morgan fingerprint density at radius 2 is 1.79 bits per heavy atom. The minimum Gasteiger partial charge on any atom is -0.317 e. The van der Waals surface area contributed by atoms with Gasteiger partial charge in [0.15, 0.2) is 0 Å². The number of para-hydroxylation sites is 1. The zero-order valence-electron chi connectivity index (χ0n) is 16.8. The molecule has 1 aliphatic carbocycles. The monoisotopic (exact) mass is 394 g/mol. The topological polar surface area (TPSA) is 69.9 Å². The summed E-state index contributed by atoms with van der Waals surface area (Å²) in [5, 5.41) is 10.9. The smallest absolute Gasteiger partial charge is 0.317 e. The first kappa shape index (κ1) is 19.4. The van der Waals surface area contributed by atoms with Crippen molar-refractivity contribution < 1.29 is 9.72 Å². The van der Waals surface area contributed by atoms with Crippen LogP contribution in [0.15, 0.2) is 48.5 Å². The molecule has 4 rings (SSSR count). The van der Waals surface area contributed by atoms with Gasteiger partial charge in [-0.25, -0.2) is 4.79 Å². The van der Waals surface area contributed by atoms with Crippen molar-refractivity contribution in [1.82, 2.24) is 9.80 Å². The zero-order valence-corrected chi connectivity index (χ0v) is 16.8. The van der Waals surface area contributed by atoms with Gasteiger partial charge < -0.3 is 9.80 Å². The molecule has 29 heavy (non-hydrogen) atoms. The lowest BCUT2D eigenvalue weighted by Gasteiger charge is -2.40. The molecule has 0 saturated heterocycles. The molecule has 0 aromatic heterocycles. The third-order valence-corrected chi connectivity index (χ3v) is 5.83. The van der Waals surface area contributed by atoms with Crippen LogP contribution in [0.5, 0.6) is 0 Å². The molecule has 0 unspecified atom stereocenters. The van der Waals surface area contributed by atoms with Gasteiger partial charge in [-0.3, -0.25) is 15.0 Å². The van der Waals surface area contributed by atoms with E-state index in [1.165, 1.54) is 17.7 Å². The van der Waals surface area contributed by atoms with Crippen molar-refractivity contribution in [2.75, 3.05) is 25.5 Å². The molecule has 152 valence electrons. The van der Waals surface area contributed by atoms with Crippen molar-refractivity contribution in [2.45, 2.75) is 37.9 Å². The number of anilines is 1. The van der Waals surface area contributed by atoms with E-state index in [0.29, 0.717) is 13.1 Å². The molecule has 1 atom stereocenters. The normalized spacial score (nSPS) is 18.4. The predicted molar refractivity (Wildman–Crippen MR) is 112 cm³/mol. The number of hydrogen-bond donors (Lipinski definition) is 0. The Balaban J connectivity index is 1.59. The Morgan fingerprint density at radius 3 is 2.41 bits per heavy atom. The van der Waals surface area contributed by atoms with E-state index < -0.39 is 4.92 Å². The van der Waals surface area contributed by atoms with Crippen LogP contribution in [-0.4, -0.2) is 53.5 Å². The predicted octanol–water partition coefficient (Wildman–Crippen LogP) is 3.67. The largest absolute Gasteiger partial charge is 0.325 e. The summed E-state index contributed by atoms with van der Waals surface area (Å²) in [6, 6.07) is 15.2. The number of benzene rings is 2. The van der Waals surface area contributed by atoms with Gasteiger partial charge in [0, 0.05) is 43.0 Å². The van der Waals surface area contributed by atoms with Crippen LogP contribution in [0.2, 0.25) is 0 Å². The van der Waals surface area contributed by atoms with Gasteiger partial charge in [0.25, 0.3) is 5.69 Å². The van der Waals surface area contributed by atoms with Crippen molar-refractivity contribution in [1.29, 1.82) is 0 Å². The maximum absolute atomic E-state index is 13.6. The van der Waals surface area contributed by atoms with Crippen molar-refractivity contribution in [3.63, 3.8) is 0 Å². The van der Waals surface area contributed by atoms with Gasteiger partial charge in [-0.1, -0.05) is 30.3 Å². The fourth-order valence-corrected chi connectivity index (χ4v) is 3.92. The Labute approximate surface area is 170 Å². The van der Waals surface area contributed by atoms with E-state index in [0.717, 1.165) is 30.5 Å². The average molecular weight is 394 g/mol. The molecular formula is C22H26N4O3. The molecule has 7 heteroatoms. The second kappa shape index (κ2) is 7.83. The molecule has 0 spiro atoms. The fourth-order valence-electron chi connectivity index (χ4n) is 3.92. The molecule has 7 nitrogen and oxygen atoms in total. The number of nitro benzene ring substituents is 1. The number of rotatable bonds is 5. The molecular weight excluding hydrogens is 368 g/mol. The minimum absolute atomic E-state index is 0.0184. The van der Waals surface area contributed by atoms with Crippen LogP contribution in [-0.2, 0) is 13.0 Å². The second-order valence-corrected chi connectivity index (χ2v) is 8.13. The first-order chi connectivity index (χ1) is 13.9. The highest BCUT2D eigenvalue weighted by molar-refractivity contribution is 5.94. The lowest BCUT2D eigenvalue weighted by atomic mass is 9.97. The van der Waals surface area contributed by atoms with E-state index in [4.69, 9.17) is 0 Å². The summed E-state index contributed by atoms with van der Waals surface area (Å²) in [5.41, 5.74) is 3.16. The fraction of sp³-hybridized carbons (Fsp3) is 0.409. The van der Waals surface area contributed by atoms with Crippen LogP contribution in [0, 0.1) is 10.1 Å². The summed E-state index contributed by atoms with van der Waals surface area (Å²) in [7, 11) is 4.10. The molecule has 1 saturated carbocycles. The van der Waals surface area contributed by atoms with Gasteiger partial charge in [0.1, 0.15) is 0 Å². The first-order valence-electron chi connectivity index (χ1n) is 10.00. The number of urea groups is 1. The average Bonchev–Trinajstić information content (AvgIpc) is 3.56. The third kappa shape index (κ3) is 4.10. The molecule has 1 aliphatic heterocycles. The molecule has 2 aromatic rings. The molecule has 0 bridgehead atoms.